The van der Waals surface area contributed by atoms with Gasteiger partial charge >= 0.3 is 5.97 Å². The maximum Gasteiger partial charge on any atom is 0.326 e. The van der Waals surface area contributed by atoms with Gasteiger partial charge in [0, 0.05) is 31.7 Å². The summed E-state index contributed by atoms with van der Waals surface area (Å²) < 4.78 is 0. The number of carbonyl (C=O) groups is 5. The Labute approximate surface area is 192 Å². The molecular weight excluding hydrogens is 430 g/mol. The molecule has 33 heavy (non-hydrogen) atoms. The summed E-state index contributed by atoms with van der Waals surface area (Å²) in [4.78, 5) is 64.3. The minimum absolute atomic E-state index is 0.0678. The lowest BCUT2D eigenvalue weighted by Gasteiger charge is -2.25. The fourth-order valence-corrected chi connectivity index (χ4v) is 3.05. The zero-order chi connectivity index (χ0) is 25.0. The first-order chi connectivity index (χ1) is 15.5. The van der Waals surface area contributed by atoms with Crippen molar-refractivity contribution in [3.05, 3.63) is 30.1 Å². The van der Waals surface area contributed by atoms with Crippen LogP contribution in [0, 0.1) is 5.92 Å². The summed E-state index contributed by atoms with van der Waals surface area (Å²) in [6, 6.07) is 0.00377. The van der Waals surface area contributed by atoms with Crippen LogP contribution in [0.3, 0.4) is 0 Å². The van der Waals surface area contributed by atoms with E-state index in [1.807, 2.05) is 13.8 Å². The fourth-order valence-electron chi connectivity index (χ4n) is 3.05. The van der Waals surface area contributed by atoms with Crippen molar-refractivity contribution in [1.82, 2.24) is 20.9 Å². The molecule has 1 heterocycles. The average molecular weight is 464 g/mol. The normalized spacial score (nSPS) is 13.5. The number of pyridine rings is 1. The standard InChI is InChI=1S/C22H33N5O6/c1-4-19(29)25-16(11-13(2)3)20(30)27-17(12-14-7-9-24-10-8-14)21(31)26-15(22(32)33)5-6-18(23)28/h7-10,13,15-17H,4-6,11-12H2,1-3H3,(H2,23,28)(H,25,29)(H,26,31)(H,27,30)(H,32,33)/t15-,16-,17-/m0/s1. The number of nitrogens with one attached hydrogen (secondary N) is 3. The van der Waals surface area contributed by atoms with E-state index >= 15 is 0 Å². The molecule has 0 aliphatic rings. The molecule has 0 aliphatic carbocycles. The third kappa shape index (κ3) is 10.6. The van der Waals surface area contributed by atoms with E-state index in [-0.39, 0.29) is 37.5 Å². The molecule has 0 aromatic carbocycles. The highest BCUT2D eigenvalue weighted by molar-refractivity contribution is 5.93. The molecule has 1 aromatic rings. The molecule has 0 spiro atoms. The van der Waals surface area contributed by atoms with Crippen LogP contribution in [-0.4, -0.2) is 57.8 Å². The predicted octanol–water partition coefficient (Wildman–Crippen LogP) is -0.115. The Bertz CT molecular complexity index is 830. The van der Waals surface area contributed by atoms with Crippen molar-refractivity contribution in [1.29, 1.82) is 0 Å². The van der Waals surface area contributed by atoms with E-state index in [9.17, 15) is 29.1 Å². The molecule has 6 N–H and O–H groups in total. The molecule has 0 saturated heterocycles. The van der Waals surface area contributed by atoms with Crippen LogP contribution in [0.4, 0.5) is 0 Å². The molecule has 11 heteroatoms. The van der Waals surface area contributed by atoms with Crippen LogP contribution < -0.4 is 21.7 Å². The van der Waals surface area contributed by atoms with Gasteiger partial charge < -0.3 is 26.8 Å². The van der Waals surface area contributed by atoms with Gasteiger partial charge in [0.2, 0.25) is 23.6 Å². The first kappa shape index (κ1) is 27.5. The summed E-state index contributed by atoms with van der Waals surface area (Å²) in [5.41, 5.74) is 5.77. The van der Waals surface area contributed by atoms with Gasteiger partial charge in [-0.3, -0.25) is 24.2 Å². The monoisotopic (exact) mass is 463 g/mol. The number of carboxylic acid groups (broad SMARTS) is 1. The van der Waals surface area contributed by atoms with Crippen molar-refractivity contribution >= 4 is 29.6 Å². The van der Waals surface area contributed by atoms with Crippen molar-refractivity contribution in [2.75, 3.05) is 0 Å². The van der Waals surface area contributed by atoms with Crippen LogP contribution >= 0.6 is 0 Å². The van der Waals surface area contributed by atoms with E-state index in [1.54, 1.807) is 19.1 Å². The Balaban J connectivity index is 3.07. The van der Waals surface area contributed by atoms with E-state index in [4.69, 9.17) is 5.73 Å². The van der Waals surface area contributed by atoms with Gasteiger partial charge in [0.1, 0.15) is 18.1 Å². The van der Waals surface area contributed by atoms with Crippen LogP contribution in [0.1, 0.15) is 52.0 Å². The Hall–Kier alpha value is -3.50. The van der Waals surface area contributed by atoms with Crippen LogP contribution in [-0.2, 0) is 30.4 Å². The van der Waals surface area contributed by atoms with E-state index in [0.29, 0.717) is 12.0 Å². The topological polar surface area (TPSA) is 181 Å². The summed E-state index contributed by atoms with van der Waals surface area (Å²) in [6.07, 6.45) is 3.27. The second kappa shape index (κ2) is 13.8. The van der Waals surface area contributed by atoms with E-state index in [0.717, 1.165) is 0 Å². The number of nitrogens with two attached hydrogens (primary N) is 1. The van der Waals surface area contributed by atoms with Crippen molar-refractivity contribution in [3.8, 4) is 0 Å². The Kier molecular flexibility index (Phi) is 11.5. The van der Waals surface area contributed by atoms with Gasteiger partial charge in [-0.2, -0.15) is 0 Å². The van der Waals surface area contributed by atoms with Gasteiger partial charge in [-0.1, -0.05) is 20.8 Å². The van der Waals surface area contributed by atoms with Crippen LogP contribution in [0.2, 0.25) is 0 Å². The Morgan fingerprint density at radius 3 is 2.06 bits per heavy atom. The van der Waals surface area contributed by atoms with Crippen LogP contribution in [0.5, 0.6) is 0 Å². The minimum atomic E-state index is -1.35. The number of hydrogen-bond donors (Lipinski definition) is 5. The lowest BCUT2D eigenvalue weighted by atomic mass is 10.0. The molecule has 1 rings (SSSR count). The molecule has 11 nitrogen and oxygen atoms in total. The number of nitrogens with zero attached hydrogens (tertiary/aromatic N) is 1. The van der Waals surface area contributed by atoms with Crippen LogP contribution in [0.25, 0.3) is 0 Å². The highest BCUT2D eigenvalue weighted by atomic mass is 16.4. The highest BCUT2D eigenvalue weighted by Gasteiger charge is 2.30. The van der Waals surface area contributed by atoms with E-state index in [2.05, 4.69) is 20.9 Å². The van der Waals surface area contributed by atoms with Crippen molar-refractivity contribution in [3.63, 3.8) is 0 Å². The molecule has 0 radical (unpaired) electrons. The second-order valence-corrected chi connectivity index (χ2v) is 8.13. The van der Waals surface area contributed by atoms with Gasteiger partial charge in [0.15, 0.2) is 0 Å². The minimum Gasteiger partial charge on any atom is -0.480 e. The summed E-state index contributed by atoms with van der Waals surface area (Å²) >= 11 is 0. The van der Waals surface area contributed by atoms with Crippen molar-refractivity contribution in [2.24, 2.45) is 11.7 Å². The summed E-state index contributed by atoms with van der Waals surface area (Å²) in [5, 5.41) is 17.1. The number of rotatable bonds is 14. The predicted molar refractivity (Wildman–Crippen MR) is 120 cm³/mol. The molecule has 4 amide bonds. The van der Waals surface area contributed by atoms with Gasteiger partial charge in [-0.25, -0.2) is 4.79 Å². The molecule has 3 atom stereocenters. The summed E-state index contributed by atoms with van der Waals surface area (Å²) in [6.45, 7) is 5.46. The molecule has 0 saturated carbocycles. The summed E-state index contributed by atoms with van der Waals surface area (Å²) in [7, 11) is 0. The fraction of sp³-hybridized carbons (Fsp3) is 0.545. The maximum atomic E-state index is 13.0. The first-order valence-corrected chi connectivity index (χ1v) is 10.8. The molecule has 0 unspecified atom stereocenters. The SMILES string of the molecule is CCC(=O)N[C@@H](CC(C)C)C(=O)N[C@@H](Cc1ccncc1)C(=O)N[C@@H](CCC(N)=O)C(=O)O. The lowest BCUT2D eigenvalue weighted by Crippen LogP contribution is -2.56. The number of amides is 4. The molecular formula is C22H33N5O6. The lowest BCUT2D eigenvalue weighted by molar-refractivity contribution is -0.142. The first-order valence-electron chi connectivity index (χ1n) is 10.8. The second-order valence-electron chi connectivity index (χ2n) is 8.13. The summed E-state index contributed by atoms with van der Waals surface area (Å²) in [5.74, 6) is -3.52. The van der Waals surface area contributed by atoms with Gasteiger partial charge in [-0.05, 0) is 36.5 Å². The molecule has 1 aromatic heterocycles. The molecule has 0 aliphatic heterocycles. The van der Waals surface area contributed by atoms with Gasteiger partial charge in [-0.15, -0.1) is 0 Å². The van der Waals surface area contributed by atoms with E-state index in [1.165, 1.54) is 12.4 Å². The number of aliphatic carboxylic acids is 1. The Morgan fingerprint density at radius 1 is 0.970 bits per heavy atom. The smallest absolute Gasteiger partial charge is 0.326 e. The third-order valence-corrected chi connectivity index (χ3v) is 4.80. The molecule has 182 valence electrons. The molecule has 0 bridgehead atoms. The number of aromatic nitrogens is 1. The maximum absolute atomic E-state index is 13.0. The van der Waals surface area contributed by atoms with Gasteiger partial charge in [0.25, 0.3) is 0 Å². The largest absolute Gasteiger partial charge is 0.480 e. The van der Waals surface area contributed by atoms with Gasteiger partial charge in [0.05, 0.1) is 0 Å². The number of carbonyl (C=O) groups excluding carboxylic acids is 4. The zero-order valence-electron chi connectivity index (χ0n) is 19.2. The molecule has 0 fully saturated rings. The van der Waals surface area contributed by atoms with Crippen molar-refractivity contribution in [2.45, 2.75) is 71.0 Å². The van der Waals surface area contributed by atoms with Crippen LogP contribution in [0.15, 0.2) is 24.5 Å². The van der Waals surface area contributed by atoms with E-state index < -0.39 is 41.8 Å². The third-order valence-electron chi connectivity index (χ3n) is 4.80. The number of carboxylic acids is 1. The number of primary amides is 1. The highest BCUT2D eigenvalue weighted by Crippen LogP contribution is 2.09. The average Bonchev–Trinajstić information content (AvgIpc) is 2.75. The van der Waals surface area contributed by atoms with Crippen molar-refractivity contribution < 1.29 is 29.1 Å². The quantitative estimate of drug-likeness (QED) is 0.255. The zero-order valence-corrected chi connectivity index (χ0v) is 19.2. The number of hydrogen-bond acceptors (Lipinski definition) is 6. The Morgan fingerprint density at radius 2 is 1.55 bits per heavy atom.